The van der Waals surface area contributed by atoms with Gasteiger partial charge in [-0.15, -0.1) is 0 Å². The number of benzene rings is 2. The van der Waals surface area contributed by atoms with Gasteiger partial charge in [0.25, 0.3) is 5.91 Å². The van der Waals surface area contributed by atoms with Gasteiger partial charge in [0.1, 0.15) is 5.82 Å². The van der Waals surface area contributed by atoms with Crippen LogP contribution in [-0.2, 0) is 0 Å². The second-order valence-electron chi connectivity index (χ2n) is 4.75. The molecule has 0 aromatic heterocycles. The quantitative estimate of drug-likeness (QED) is 0.756. The number of halogens is 1. The Hall–Kier alpha value is -2.56. The zero-order valence-electron chi connectivity index (χ0n) is 12.0. The van der Waals surface area contributed by atoms with Crippen molar-refractivity contribution < 1.29 is 9.18 Å². The number of nitrogen functional groups attached to an aromatic ring is 1. The Morgan fingerprint density at radius 1 is 1.24 bits per heavy atom. The van der Waals surface area contributed by atoms with Crippen molar-refractivity contribution in [3.8, 4) is 0 Å². The molecule has 0 spiro atoms. The third-order valence-electron chi connectivity index (χ3n) is 3.08. The van der Waals surface area contributed by atoms with Crippen LogP contribution in [0.1, 0.15) is 22.8 Å². The van der Waals surface area contributed by atoms with Crippen LogP contribution in [-0.4, -0.2) is 12.5 Å². The summed E-state index contributed by atoms with van der Waals surface area (Å²) < 4.78 is 13.6. The number of amides is 1. The van der Waals surface area contributed by atoms with Gasteiger partial charge in [-0.05, 0) is 49.7 Å². The highest BCUT2D eigenvalue weighted by Crippen LogP contribution is 2.24. The number of hydrogen-bond donors (Lipinski definition) is 3. The summed E-state index contributed by atoms with van der Waals surface area (Å²) in [6.45, 7) is 4.07. The summed E-state index contributed by atoms with van der Waals surface area (Å²) in [6, 6.07) is 9.78. The Morgan fingerprint density at radius 3 is 2.67 bits per heavy atom. The molecular weight excluding hydrogens is 269 g/mol. The van der Waals surface area contributed by atoms with Gasteiger partial charge in [-0.1, -0.05) is 6.07 Å². The maximum Gasteiger partial charge on any atom is 0.253 e. The van der Waals surface area contributed by atoms with Gasteiger partial charge >= 0.3 is 0 Å². The molecule has 4 nitrogen and oxygen atoms in total. The number of aryl methyl sites for hydroxylation is 1. The number of nitrogens with one attached hydrogen (secondary N) is 2. The number of carbonyl (C=O) groups is 1. The number of nitrogens with two attached hydrogens (primary N) is 1. The lowest BCUT2D eigenvalue weighted by Gasteiger charge is -2.13. The number of hydrogen-bond acceptors (Lipinski definition) is 3. The summed E-state index contributed by atoms with van der Waals surface area (Å²) in [5, 5.41) is 5.77. The second kappa shape index (κ2) is 6.26. The first-order chi connectivity index (χ1) is 10.0. The van der Waals surface area contributed by atoms with Crippen molar-refractivity contribution >= 4 is 23.0 Å². The number of carbonyl (C=O) groups excluding carboxylic acids is 1. The molecule has 4 N–H and O–H groups in total. The van der Waals surface area contributed by atoms with Crippen LogP contribution in [0.2, 0.25) is 0 Å². The third kappa shape index (κ3) is 3.51. The molecule has 2 rings (SSSR count). The zero-order chi connectivity index (χ0) is 15.4. The second-order valence-corrected chi connectivity index (χ2v) is 4.75. The van der Waals surface area contributed by atoms with Crippen molar-refractivity contribution in [2.75, 3.05) is 17.6 Å². The highest BCUT2D eigenvalue weighted by molar-refractivity contribution is 6.00. The van der Waals surface area contributed by atoms with Crippen LogP contribution in [0.15, 0.2) is 36.4 Å². The molecule has 0 aliphatic carbocycles. The normalized spacial score (nSPS) is 10.2. The molecule has 0 heterocycles. The fraction of sp³-hybridized carbons (Fsp3) is 0.188. The molecule has 0 saturated carbocycles. The fourth-order valence-electron chi connectivity index (χ4n) is 1.95. The van der Waals surface area contributed by atoms with Gasteiger partial charge in [0.2, 0.25) is 0 Å². The van der Waals surface area contributed by atoms with Crippen LogP contribution < -0.4 is 16.4 Å². The first-order valence-electron chi connectivity index (χ1n) is 6.72. The molecule has 0 bridgehead atoms. The SMILES string of the molecule is CCNC(=O)c1ccc(N)cc1Nc1ccc(C)c(F)c1. The van der Waals surface area contributed by atoms with Crippen molar-refractivity contribution in [1.82, 2.24) is 5.32 Å². The monoisotopic (exact) mass is 287 g/mol. The molecule has 2 aromatic carbocycles. The predicted octanol–water partition coefficient (Wildman–Crippen LogP) is 3.21. The molecule has 0 radical (unpaired) electrons. The van der Waals surface area contributed by atoms with E-state index in [1.807, 2.05) is 6.92 Å². The zero-order valence-corrected chi connectivity index (χ0v) is 12.0. The lowest BCUT2D eigenvalue weighted by Crippen LogP contribution is -2.23. The summed E-state index contributed by atoms with van der Waals surface area (Å²) in [5.74, 6) is -0.504. The van der Waals surface area contributed by atoms with Gasteiger partial charge in [0.05, 0.1) is 11.3 Å². The van der Waals surface area contributed by atoms with Crippen LogP contribution in [0.3, 0.4) is 0 Å². The molecule has 110 valence electrons. The van der Waals surface area contributed by atoms with Crippen molar-refractivity contribution in [1.29, 1.82) is 0 Å². The summed E-state index contributed by atoms with van der Waals surface area (Å²) in [5.41, 5.74) is 8.43. The van der Waals surface area contributed by atoms with Crippen LogP contribution in [0.5, 0.6) is 0 Å². The minimum atomic E-state index is -0.302. The van der Waals surface area contributed by atoms with Crippen LogP contribution >= 0.6 is 0 Å². The molecule has 0 atom stereocenters. The van der Waals surface area contributed by atoms with Gasteiger partial charge in [0, 0.05) is 17.9 Å². The van der Waals surface area contributed by atoms with E-state index in [1.165, 1.54) is 6.07 Å². The maximum atomic E-state index is 13.6. The Bertz CT molecular complexity index is 671. The average Bonchev–Trinajstić information content (AvgIpc) is 2.43. The number of anilines is 3. The minimum absolute atomic E-state index is 0.201. The van der Waals surface area contributed by atoms with E-state index in [2.05, 4.69) is 10.6 Å². The number of rotatable bonds is 4. The standard InChI is InChI=1S/C16H18FN3O/c1-3-19-16(21)13-7-5-11(18)8-15(13)20-12-6-4-10(2)14(17)9-12/h4-9,20H,3,18H2,1-2H3,(H,19,21). The topological polar surface area (TPSA) is 67.2 Å². The molecule has 1 amide bonds. The summed E-state index contributed by atoms with van der Waals surface area (Å²) in [4.78, 5) is 12.0. The molecule has 0 aliphatic rings. The lowest BCUT2D eigenvalue weighted by molar-refractivity contribution is 0.0956. The molecule has 0 fully saturated rings. The summed E-state index contributed by atoms with van der Waals surface area (Å²) in [6.07, 6.45) is 0. The molecule has 21 heavy (non-hydrogen) atoms. The van der Waals surface area contributed by atoms with E-state index in [4.69, 9.17) is 5.73 Å². The van der Waals surface area contributed by atoms with E-state index < -0.39 is 0 Å². The van der Waals surface area contributed by atoms with Gasteiger partial charge in [0.15, 0.2) is 0 Å². The Kier molecular flexibility index (Phi) is 4.42. The Labute approximate surface area is 123 Å². The molecule has 0 unspecified atom stereocenters. The predicted molar refractivity (Wildman–Crippen MR) is 83.3 cm³/mol. The van der Waals surface area contributed by atoms with Gasteiger partial charge < -0.3 is 16.4 Å². The minimum Gasteiger partial charge on any atom is -0.399 e. The Morgan fingerprint density at radius 2 is 2.00 bits per heavy atom. The van der Waals surface area contributed by atoms with Gasteiger partial charge in [-0.2, -0.15) is 0 Å². The van der Waals surface area contributed by atoms with Crippen LogP contribution in [0.4, 0.5) is 21.5 Å². The van der Waals surface area contributed by atoms with Gasteiger partial charge in [-0.3, -0.25) is 4.79 Å². The molecule has 0 aliphatic heterocycles. The maximum absolute atomic E-state index is 13.6. The van der Waals surface area contributed by atoms with E-state index in [-0.39, 0.29) is 11.7 Å². The van der Waals surface area contributed by atoms with Crippen molar-refractivity contribution in [3.63, 3.8) is 0 Å². The molecule has 2 aromatic rings. The summed E-state index contributed by atoms with van der Waals surface area (Å²) in [7, 11) is 0. The molecule has 5 heteroatoms. The van der Waals surface area contributed by atoms with Crippen LogP contribution in [0.25, 0.3) is 0 Å². The van der Waals surface area contributed by atoms with E-state index in [0.29, 0.717) is 34.7 Å². The average molecular weight is 287 g/mol. The van der Waals surface area contributed by atoms with E-state index in [1.54, 1.807) is 37.3 Å². The lowest BCUT2D eigenvalue weighted by atomic mass is 10.1. The molecular formula is C16H18FN3O. The smallest absolute Gasteiger partial charge is 0.253 e. The first kappa shape index (κ1) is 14.8. The van der Waals surface area contributed by atoms with E-state index >= 15 is 0 Å². The van der Waals surface area contributed by atoms with Gasteiger partial charge in [-0.25, -0.2) is 4.39 Å². The van der Waals surface area contributed by atoms with E-state index in [9.17, 15) is 9.18 Å². The van der Waals surface area contributed by atoms with Crippen molar-refractivity contribution in [3.05, 3.63) is 53.3 Å². The highest BCUT2D eigenvalue weighted by Gasteiger charge is 2.11. The third-order valence-corrected chi connectivity index (χ3v) is 3.08. The van der Waals surface area contributed by atoms with Crippen LogP contribution in [0, 0.1) is 12.7 Å². The van der Waals surface area contributed by atoms with Crippen molar-refractivity contribution in [2.24, 2.45) is 0 Å². The highest BCUT2D eigenvalue weighted by atomic mass is 19.1. The summed E-state index contributed by atoms with van der Waals surface area (Å²) >= 11 is 0. The Balaban J connectivity index is 2.35. The van der Waals surface area contributed by atoms with E-state index in [0.717, 1.165) is 0 Å². The van der Waals surface area contributed by atoms with Crippen molar-refractivity contribution in [2.45, 2.75) is 13.8 Å². The first-order valence-corrected chi connectivity index (χ1v) is 6.72. The largest absolute Gasteiger partial charge is 0.399 e. The fourth-order valence-corrected chi connectivity index (χ4v) is 1.95. The molecule has 0 saturated heterocycles.